The third-order valence-corrected chi connectivity index (χ3v) is 5.87. The predicted molar refractivity (Wildman–Crippen MR) is 136 cm³/mol. The average Bonchev–Trinajstić information content (AvgIpc) is 3.34. The number of halogens is 1. The molecule has 10 heteroatoms. The molecular formula is C25H32ClN5O4. The van der Waals surface area contributed by atoms with Crippen molar-refractivity contribution in [2.75, 3.05) is 13.1 Å². The van der Waals surface area contributed by atoms with Gasteiger partial charge in [0.05, 0.1) is 18.8 Å². The SMILES string of the molecule is Cl.NN=Cc1ccc(CNC(=O)[C@@H]2CCCN2C(=O)C(CCc2ccccc2)NCC(=O)O)cc1. The molecule has 2 aromatic carbocycles. The monoisotopic (exact) mass is 501 g/mol. The highest BCUT2D eigenvalue weighted by Crippen LogP contribution is 2.20. The van der Waals surface area contributed by atoms with Crippen molar-refractivity contribution in [3.63, 3.8) is 0 Å². The molecule has 2 amide bonds. The quantitative estimate of drug-likeness (QED) is 0.210. The minimum Gasteiger partial charge on any atom is -0.480 e. The molecule has 0 spiro atoms. The fourth-order valence-electron chi connectivity index (χ4n) is 4.10. The lowest BCUT2D eigenvalue weighted by molar-refractivity contribution is -0.141. The highest BCUT2D eigenvalue weighted by Gasteiger charge is 2.37. The summed E-state index contributed by atoms with van der Waals surface area (Å²) in [5, 5.41) is 18.4. The Kier molecular flexibility index (Phi) is 11.2. The van der Waals surface area contributed by atoms with Gasteiger partial charge in [0.1, 0.15) is 6.04 Å². The highest BCUT2D eigenvalue weighted by atomic mass is 35.5. The highest BCUT2D eigenvalue weighted by molar-refractivity contribution is 5.90. The Bertz CT molecular complexity index is 1000. The predicted octanol–water partition coefficient (Wildman–Crippen LogP) is 1.68. The van der Waals surface area contributed by atoms with Gasteiger partial charge >= 0.3 is 5.97 Å². The van der Waals surface area contributed by atoms with Crippen LogP contribution in [0.3, 0.4) is 0 Å². The molecule has 35 heavy (non-hydrogen) atoms. The molecule has 1 fully saturated rings. The Morgan fingerprint density at radius 2 is 1.83 bits per heavy atom. The summed E-state index contributed by atoms with van der Waals surface area (Å²) in [6.07, 6.45) is 3.91. The summed E-state index contributed by atoms with van der Waals surface area (Å²) in [5.74, 6) is 3.68. The molecule has 3 rings (SSSR count). The molecule has 1 heterocycles. The first-order valence-electron chi connectivity index (χ1n) is 11.4. The lowest BCUT2D eigenvalue weighted by Crippen LogP contribution is -2.53. The second-order valence-corrected chi connectivity index (χ2v) is 8.28. The van der Waals surface area contributed by atoms with Crippen LogP contribution in [0.15, 0.2) is 59.7 Å². The summed E-state index contributed by atoms with van der Waals surface area (Å²) in [6.45, 7) is 0.494. The van der Waals surface area contributed by atoms with E-state index in [0.717, 1.165) is 23.1 Å². The van der Waals surface area contributed by atoms with Crippen molar-refractivity contribution in [1.29, 1.82) is 0 Å². The summed E-state index contributed by atoms with van der Waals surface area (Å²) in [4.78, 5) is 38.9. The number of amides is 2. The number of hydrogen-bond donors (Lipinski definition) is 4. The van der Waals surface area contributed by atoms with Crippen LogP contribution in [-0.2, 0) is 27.3 Å². The molecule has 1 aliphatic heterocycles. The van der Waals surface area contributed by atoms with Crippen LogP contribution in [0.2, 0.25) is 0 Å². The Morgan fingerprint density at radius 3 is 2.49 bits per heavy atom. The Labute approximate surface area is 211 Å². The number of aryl methyl sites for hydroxylation is 1. The van der Waals surface area contributed by atoms with E-state index in [1.807, 2.05) is 54.6 Å². The topological polar surface area (TPSA) is 137 Å². The largest absolute Gasteiger partial charge is 0.480 e. The summed E-state index contributed by atoms with van der Waals surface area (Å²) in [5.41, 5.74) is 2.85. The standard InChI is InChI=1S/C25H31N5O4.ClH/c26-29-16-20-10-8-19(9-11-20)15-28-24(33)22-7-4-14-30(22)25(34)21(27-17-23(31)32)13-12-18-5-2-1-3-6-18;/h1-3,5-6,8-11,16,21-22,27H,4,7,12-15,17,26H2,(H,28,33)(H,31,32);1H/t21?,22-;/m0./s1. The summed E-state index contributed by atoms with van der Waals surface area (Å²) in [6, 6.07) is 15.9. The van der Waals surface area contributed by atoms with Gasteiger partial charge in [0, 0.05) is 13.1 Å². The van der Waals surface area contributed by atoms with Crippen molar-refractivity contribution >= 4 is 36.4 Å². The number of hydrazone groups is 1. The zero-order valence-electron chi connectivity index (χ0n) is 19.4. The number of carbonyl (C=O) groups excluding carboxylic acids is 2. The Hall–Kier alpha value is -3.43. The number of carbonyl (C=O) groups is 3. The molecule has 0 saturated carbocycles. The van der Waals surface area contributed by atoms with Crippen LogP contribution in [-0.4, -0.2) is 59.2 Å². The molecule has 2 atom stereocenters. The van der Waals surface area contributed by atoms with Gasteiger partial charge in [-0.15, -0.1) is 12.4 Å². The maximum atomic E-state index is 13.3. The van der Waals surface area contributed by atoms with E-state index in [-0.39, 0.29) is 30.8 Å². The number of nitrogens with zero attached hydrogens (tertiary/aromatic N) is 2. The minimum absolute atomic E-state index is 0. The first-order chi connectivity index (χ1) is 16.5. The van der Waals surface area contributed by atoms with Crippen molar-refractivity contribution in [1.82, 2.24) is 15.5 Å². The van der Waals surface area contributed by atoms with Crippen LogP contribution in [0.1, 0.15) is 36.0 Å². The molecule has 5 N–H and O–H groups in total. The van der Waals surface area contributed by atoms with Crippen LogP contribution in [0.4, 0.5) is 0 Å². The number of nitrogens with two attached hydrogens (primary N) is 1. The lowest BCUT2D eigenvalue weighted by atomic mass is 10.0. The van der Waals surface area contributed by atoms with E-state index in [0.29, 0.717) is 32.4 Å². The number of benzene rings is 2. The molecule has 1 unspecified atom stereocenters. The first-order valence-corrected chi connectivity index (χ1v) is 11.4. The van der Waals surface area contributed by atoms with E-state index in [4.69, 9.17) is 10.9 Å². The number of hydrogen-bond acceptors (Lipinski definition) is 6. The van der Waals surface area contributed by atoms with Gasteiger partial charge in [-0.3, -0.25) is 19.7 Å². The number of nitrogens with one attached hydrogen (secondary N) is 2. The fourth-order valence-corrected chi connectivity index (χ4v) is 4.10. The second kappa shape index (κ2) is 14.1. The molecule has 188 valence electrons. The average molecular weight is 502 g/mol. The van der Waals surface area contributed by atoms with Crippen LogP contribution >= 0.6 is 12.4 Å². The fraction of sp³-hybridized carbons (Fsp3) is 0.360. The number of carboxylic acid groups (broad SMARTS) is 1. The summed E-state index contributed by atoms with van der Waals surface area (Å²) < 4.78 is 0. The van der Waals surface area contributed by atoms with Crippen LogP contribution < -0.4 is 16.5 Å². The molecule has 1 saturated heterocycles. The van der Waals surface area contributed by atoms with E-state index in [1.165, 1.54) is 6.21 Å². The Morgan fingerprint density at radius 1 is 1.11 bits per heavy atom. The molecule has 0 aromatic heterocycles. The smallest absolute Gasteiger partial charge is 0.317 e. The third kappa shape index (κ3) is 8.38. The minimum atomic E-state index is -1.03. The maximum Gasteiger partial charge on any atom is 0.317 e. The van der Waals surface area contributed by atoms with Gasteiger partial charge in [-0.2, -0.15) is 5.10 Å². The third-order valence-electron chi connectivity index (χ3n) is 5.87. The number of carboxylic acids is 1. The number of rotatable bonds is 11. The lowest BCUT2D eigenvalue weighted by Gasteiger charge is -2.28. The normalized spacial score (nSPS) is 16.0. The van der Waals surface area contributed by atoms with Crippen molar-refractivity contribution in [2.45, 2.75) is 44.3 Å². The van der Waals surface area contributed by atoms with Gasteiger partial charge < -0.3 is 21.2 Å². The number of likely N-dealkylation sites (tertiary alicyclic amines) is 1. The van der Waals surface area contributed by atoms with Crippen LogP contribution in [0.5, 0.6) is 0 Å². The van der Waals surface area contributed by atoms with E-state index < -0.39 is 18.1 Å². The summed E-state index contributed by atoms with van der Waals surface area (Å²) >= 11 is 0. The zero-order chi connectivity index (χ0) is 24.3. The van der Waals surface area contributed by atoms with Crippen molar-refractivity contribution in [3.8, 4) is 0 Å². The van der Waals surface area contributed by atoms with Gasteiger partial charge in [0.25, 0.3) is 0 Å². The summed E-state index contributed by atoms with van der Waals surface area (Å²) in [7, 11) is 0. The first kappa shape index (κ1) is 27.8. The van der Waals surface area contributed by atoms with Gasteiger partial charge in [-0.1, -0.05) is 54.6 Å². The number of aliphatic carboxylic acids is 1. The second-order valence-electron chi connectivity index (χ2n) is 8.28. The molecule has 0 bridgehead atoms. The van der Waals surface area contributed by atoms with Gasteiger partial charge in [-0.25, -0.2) is 0 Å². The van der Waals surface area contributed by atoms with Gasteiger partial charge in [0.15, 0.2) is 0 Å². The molecule has 2 aromatic rings. The molecule has 0 radical (unpaired) electrons. The van der Waals surface area contributed by atoms with E-state index in [9.17, 15) is 14.4 Å². The molecule has 9 nitrogen and oxygen atoms in total. The zero-order valence-corrected chi connectivity index (χ0v) is 20.2. The van der Waals surface area contributed by atoms with Crippen molar-refractivity contribution < 1.29 is 19.5 Å². The van der Waals surface area contributed by atoms with E-state index >= 15 is 0 Å². The van der Waals surface area contributed by atoms with Crippen LogP contribution in [0, 0.1) is 0 Å². The maximum absolute atomic E-state index is 13.3. The molecule has 0 aliphatic carbocycles. The van der Waals surface area contributed by atoms with Crippen LogP contribution in [0.25, 0.3) is 0 Å². The van der Waals surface area contributed by atoms with Crippen molar-refractivity contribution in [3.05, 3.63) is 71.3 Å². The van der Waals surface area contributed by atoms with E-state index in [1.54, 1.807) is 4.90 Å². The molecule has 1 aliphatic rings. The van der Waals surface area contributed by atoms with E-state index in [2.05, 4.69) is 15.7 Å². The van der Waals surface area contributed by atoms with Gasteiger partial charge in [0.2, 0.25) is 11.8 Å². The van der Waals surface area contributed by atoms with Gasteiger partial charge in [-0.05, 0) is 42.4 Å². The van der Waals surface area contributed by atoms with Crippen molar-refractivity contribution in [2.24, 2.45) is 10.9 Å². The molecular weight excluding hydrogens is 470 g/mol. The Balaban J connectivity index is 0.00000432.